The third-order valence-electron chi connectivity index (χ3n) is 4.25. The number of hydrogen-bond acceptors (Lipinski definition) is 2. The average Bonchev–Trinajstić information content (AvgIpc) is 2.94. The molecule has 1 aliphatic carbocycles. The second-order valence-electron chi connectivity index (χ2n) is 5.61. The number of carbonyl (C=O) groups excluding carboxylic acids is 1. The van der Waals surface area contributed by atoms with Gasteiger partial charge in [0.1, 0.15) is 0 Å². The van der Waals surface area contributed by atoms with Gasteiger partial charge in [-0.25, -0.2) is 0 Å². The van der Waals surface area contributed by atoms with Crippen LogP contribution < -0.4 is 0 Å². The topological polar surface area (TPSA) is 17.1 Å². The number of hydrogen-bond donors (Lipinski definition) is 0. The van der Waals surface area contributed by atoms with Crippen LogP contribution in [0.4, 0.5) is 13.2 Å². The highest BCUT2D eigenvalue weighted by Gasteiger charge is 2.43. The van der Waals surface area contributed by atoms with Crippen molar-refractivity contribution in [1.82, 2.24) is 0 Å². The maximum absolute atomic E-state index is 12.9. The molecule has 112 valence electrons. The second-order valence-corrected chi connectivity index (χ2v) is 6.53. The summed E-state index contributed by atoms with van der Waals surface area (Å²) in [6.45, 7) is 0. The molecule has 1 aliphatic rings. The molecule has 0 amide bonds. The maximum atomic E-state index is 12.9. The van der Waals surface area contributed by atoms with Gasteiger partial charge in [-0.2, -0.15) is 13.2 Å². The van der Waals surface area contributed by atoms with Crippen LogP contribution in [0.1, 0.15) is 36.0 Å². The van der Waals surface area contributed by atoms with Crippen molar-refractivity contribution in [2.45, 2.75) is 31.9 Å². The summed E-state index contributed by atoms with van der Waals surface area (Å²) >= 11 is 1.47. The van der Waals surface area contributed by atoms with Gasteiger partial charge in [0.05, 0.1) is 5.92 Å². The van der Waals surface area contributed by atoms with E-state index in [-0.39, 0.29) is 18.6 Å². The van der Waals surface area contributed by atoms with Crippen molar-refractivity contribution in [2.75, 3.05) is 0 Å². The molecule has 1 fully saturated rings. The zero-order valence-electron chi connectivity index (χ0n) is 11.3. The van der Waals surface area contributed by atoms with E-state index in [0.717, 1.165) is 10.1 Å². The van der Waals surface area contributed by atoms with Crippen LogP contribution in [0.15, 0.2) is 29.6 Å². The summed E-state index contributed by atoms with van der Waals surface area (Å²) in [7, 11) is 0. The Morgan fingerprint density at radius 1 is 1.19 bits per heavy atom. The Kier molecular flexibility index (Phi) is 3.78. The Hall–Kier alpha value is -1.36. The fraction of sp³-hybridized carbons (Fsp3) is 0.438. The largest absolute Gasteiger partial charge is 0.391 e. The van der Waals surface area contributed by atoms with Crippen LogP contribution in [0.25, 0.3) is 10.1 Å². The Bertz CT molecular complexity index is 659. The SMILES string of the molecule is O=C(c1cccc2ccsc12)C1CCCC(C(F)(F)F)C1. The first kappa shape index (κ1) is 14.6. The number of halogens is 3. The highest BCUT2D eigenvalue weighted by molar-refractivity contribution is 7.17. The normalized spacial score (nSPS) is 23.4. The standard InChI is InChI=1S/C16H15F3OS/c17-16(18,19)12-5-1-4-11(9-12)14(20)13-6-2-3-10-7-8-21-15(10)13/h2-3,6-8,11-12H,1,4-5,9H2. The van der Waals surface area contributed by atoms with E-state index >= 15 is 0 Å². The number of ketones is 1. The van der Waals surface area contributed by atoms with Gasteiger partial charge in [0.15, 0.2) is 5.78 Å². The van der Waals surface area contributed by atoms with Crippen LogP contribution in [-0.4, -0.2) is 12.0 Å². The molecule has 1 nitrogen and oxygen atoms in total. The third-order valence-corrected chi connectivity index (χ3v) is 5.22. The molecule has 1 heterocycles. The minimum atomic E-state index is -4.19. The molecule has 5 heteroatoms. The summed E-state index contributed by atoms with van der Waals surface area (Å²) in [5.74, 6) is -1.96. The molecular formula is C16H15F3OS. The Morgan fingerprint density at radius 3 is 2.76 bits per heavy atom. The lowest BCUT2D eigenvalue weighted by Crippen LogP contribution is -2.31. The van der Waals surface area contributed by atoms with E-state index in [9.17, 15) is 18.0 Å². The molecule has 21 heavy (non-hydrogen) atoms. The zero-order chi connectivity index (χ0) is 15.0. The zero-order valence-corrected chi connectivity index (χ0v) is 12.1. The van der Waals surface area contributed by atoms with Crippen molar-refractivity contribution in [3.63, 3.8) is 0 Å². The first-order chi connectivity index (χ1) is 9.97. The van der Waals surface area contributed by atoms with Gasteiger partial charge in [0.2, 0.25) is 0 Å². The number of fused-ring (bicyclic) bond motifs is 1. The molecule has 2 atom stereocenters. The van der Waals surface area contributed by atoms with Gasteiger partial charge in [0.25, 0.3) is 0 Å². The first-order valence-electron chi connectivity index (χ1n) is 7.04. The summed E-state index contributed by atoms with van der Waals surface area (Å²) in [4.78, 5) is 12.6. The van der Waals surface area contributed by atoms with Gasteiger partial charge in [0, 0.05) is 16.2 Å². The highest BCUT2D eigenvalue weighted by Crippen LogP contribution is 2.41. The quantitative estimate of drug-likeness (QED) is 0.674. The van der Waals surface area contributed by atoms with E-state index in [1.54, 1.807) is 12.1 Å². The van der Waals surface area contributed by atoms with E-state index in [1.165, 1.54) is 11.3 Å². The predicted molar refractivity (Wildman–Crippen MR) is 77.7 cm³/mol. The van der Waals surface area contributed by atoms with Crippen LogP contribution >= 0.6 is 11.3 Å². The molecule has 2 aromatic rings. The van der Waals surface area contributed by atoms with Crippen molar-refractivity contribution in [3.05, 3.63) is 35.2 Å². The Labute approximate surface area is 124 Å². The summed E-state index contributed by atoms with van der Waals surface area (Å²) in [6.07, 6.45) is -3.07. The molecule has 2 unspecified atom stereocenters. The number of alkyl halides is 3. The van der Waals surface area contributed by atoms with E-state index < -0.39 is 18.0 Å². The monoisotopic (exact) mass is 312 g/mol. The summed E-state index contributed by atoms with van der Waals surface area (Å²) < 4.78 is 39.5. The van der Waals surface area contributed by atoms with Crippen LogP contribution in [0, 0.1) is 11.8 Å². The van der Waals surface area contributed by atoms with Gasteiger partial charge in [-0.05, 0) is 42.2 Å². The van der Waals surface area contributed by atoms with Crippen LogP contribution in [0.2, 0.25) is 0 Å². The van der Waals surface area contributed by atoms with Crippen molar-refractivity contribution >= 4 is 27.2 Å². The van der Waals surface area contributed by atoms with Gasteiger partial charge >= 0.3 is 6.18 Å². The first-order valence-corrected chi connectivity index (χ1v) is 7.92. The molecule has 1 saturated carbocycles. The number of Topliss-reactive ketones (excluding diaryl/α,β-unsaturated/α-hetero) is 1. The van der Waals surface area contributed by atoms with Crippen molar-refractivity contribution in [3.8, 4) is 0 Å². The lowest BCUT2D eigenvalue weighted by molar-refractivity contribution is -0.184. The molecule has 0 saturated heterocycles. The fourth-order valence-corrected chi connectivity index (χ4v) is 4.05. The van der Waals surface area contributed by atoms with E-state index in [0.29, 0.717) is 18.4 Å². The van der Waals surface area contributed by atoms with Gasteiger partial charge < -0.3 is 0 Å². The van der Waals surface area contributed by atoms with E-state index in [1.807, 2.05) is 17.5 Å². The van der Waals surface area contributed by atoms with Crippen LogP contribution in [-0.2, 0) is 0 Å². The Balaban J connectivity index is 1.86. The fourth-order valence-electron chi connectivity index (χ4n) is 3.13. The maximum Gasteiger partial charge on any atom is 0.391 e. The van der Waals surface area contributed by atoms with Crippen molar-refractivity contribution in [2.24, 2.45) is 11.8 Å². The van der Waals surface area contributed by atoms with E-state index in [2.05, 4.69) is 0 Å². The molecular weight excluding hydrogens is 297 g/mol. The number of thiophene rings is 1. The molecule has 0 N–H and O–H groups in total. The smallest absolute Gasteiger partial charge is 0.294 e. The molecule has 1 aromatic carbocycles. The summed E-state index contributed by atoms with van der Waals surface area (Å²) in [5.41, 5.74) is 0.579. The minimum absolute atomic E-state index is 0.0654. The Morgan fingerprint density at radius 2 is 2.00 bits per heavy atom. The van der Waals surface area contributed by atoms with Crippen LogP contribution in [0.3, 0.4) is 0 Å². The molecule has 0 spiro atoms. The number of carbonyl (C=O) groups is 1. The summed E-state index contributed by atoms with van der Waals surface area (Å²) in [6, 6.07) is 7.38. The van der Waals surface area contributed by atoms with Crippen molar-refractivity contribution < 1.29 is 18.0 Å². The second kappa shape index (κ2) is 5.44. The lowest BCUT2D eigenvalue weighted by Gasteiger charge is -2.29. The molecule has 0 bridgehead atoms. The van der Waals surface area contributed by atoms with Crippen LogP contribution in [0.5, 0.6) is 0 Å². The van der Waals surface area contributed by atoms with Crippen molar-refractivity contribution in [1.29, 1.82) is 0 Å². The number of benzene rings is 1. The van der Waals surface area contributed by atoms with Gasteiger partial charge in [-0.3, -0.25) is 4.79 Å². The molecule has 0 aliphatic heterocycles. The highest BCUT2D eigenvalue weighted by atomic mass is 32.1. The number of rotatable bonds is 2. The minimum Gasteiger partial charge on any atom is -0.294 e. The third kappa shape index (κ3) is 2.84. The lowest BCUT2D eigenvalue weighted by atomic mass is 9.77. The molecule has 1 aromatic heterocycles. The summed E-state index contributed by atoms with van der Waals surface area (Å²) in [5, 5.41) is 2.88. The van der Waals surface area contributed by atoms with Gasteiger partial charge in [-0.1, -0.05) is 18.6 Å². The van der Waals surface area contributed by atoms with Gasteiger partial charge in [-0.15, -0.1) is 11.3 Å². The molecule has 0 radical (unpaired) electrons. The van der Waals surface area contributed by atoms with E-state index in [4.69, 9.17) is 0 Å². The molecule has 3 rings (SSSR count). The predicted octanol–water partition coefficient (Wildman–Crippen LogP) is 5.45. The average molecular weight is 312 g/mol.